The molecule has 0 saturated heterocycles. The average Bonchev–Trinajstić information content (AvgIpc) is 2.04. The Hall–Kier alpha value is -0.570. The third-order valence-electron chi connectivity index (χ3n) is 1.54. The molecule has 0 unspecified atom stereocenters. The third kappa shape index (κ3) is 7.33. The van der Waals surface area contributed by atoms with Crippen LogP contribution in [0.2, 0.25) is 0 Å². The number of nitrogens with zero attached hydrogens (tertiary/aromatic N) is 1. The zero-order chi connectivity index (χ0) is 8.53. The van der Waals surface area contributed by atoms with E-state index >= 15 is 0 Å². The first-order valence-corrected chi connectivity index (χ1v) is 3.95. The Kier molecular flexibility index (Phi) is 7.15. The van der Waals surface area contributed by atoms with E-state index in [1.165, 1.54) is 0 Å². The van der Waals surface area contributed by atoms with Crippen LogP contribution in [-0.4, -0.2) is 38.6 Å². The van der Waals surface area contributed by atoms with E-state index in [1.54, 1.807) is 19.1 Å². The topological polar surface area (TPSA) is 29.5 Å². The van der Waals surface area contributed by atoms with E-state index in [0.29, 0.717) is 0 Å². The van der Waals surface area contributed by atoms with E-state index in [2.05, 4.69) is 0 Å². The Labute approximate surface area is 68.3 Å². The summed E-state index contributed by atoms with van der Waals surface area (Å²) >= 11 is 0. The van der Waals surface area contributed by atoms with E-state index in [-0.39, 0.29) is 0 Å². The summed E-state index contributed by atoms with van der Waals surface area (Å²) in [6.45, 7) is 1.68. The van der Waals surface area contributed by atoms with Crippen LogP contribution in [0.3, 0.4) is 0 Å². The quantitative estimate of drug-likeness (QED) is 0.408. The van der Waals surface area contributed by atoms with Crippen molar-refractivity contribution in [3.63, 3.8) is 0 Å². The summed E-state index contributed by atoms with van der Waals surface area (Å²) in [6.07, 6.45) is 4.14. The number of carbonyl (C=O) groups is 1. The fourth-order valence-electron chi connectivity index (χ4n) is 0.837. The fourth-order valence-corrected chi connectivity index (χ4v) is 0.837. The number of ether oxygens (including phenoxy) is 1. The van der Waals surface area contributed by atoms with Crippen molar-refractivity contribution in [3.8, 4) is 0 Å². The van der Waals surface area contributed by atoms with Crippen LogP contribution in [0.4, 0.5) is 0 Å². The van der Waals surface area contributed by atoms with Crippen molar-refractivity contribution in [1.82, 2.24) is 4.90 Å². The molecule has 0 aromatic heterocycles. The Bertz CT molecular complexity index is 96.1. The second kappa shape index (κ2) is 7.54. The Morgan fingerprint density at radius 2 is 2.09 bits per heavy atom. The Morgan fingerprint density at radius 1 is 1.36 bits per heavy atom. The molecule has 0 radical (unpaired) electrons. The summed E-state index contributed by atoms with van der Waals surface area (Å²) in [5, 5.41) is 0. The van der Waals surface area contributed by atoms with Crippen LogP contribution in [0.15, 0.2) is 0 Å². The number of amides is 1. The second-order valence-electron chi connectivity index (χ2n) is 2.64. The maximum absolute atomic E-state index is 10.1. The molecule has 0 heterocycles. The summed E-state index contributed by atoms with van der Waals surface area (Å²) < 4.78 is 4.89. The lowest BCUT2D eigenvalue weighted by Gasteiger charge is -2.08. The van der Waals surface area contributed by atoms with Crippen LogP contribution in [0.25, 0.3) is 0 Å². The fraction of sp³-hybridized carbons (Fsp3) is 0.875. The van der Waals surface area contributed by atoms with E-state index in [1.807, 2.05) is 0 Å². The van der Waals surface area contributed by atoms with Crippen molar-refractivity contribution >= 4 is 6.41 Å². The van der Waals surface area contributed by atoms with Crippen molar-refractivity contribution in [2.75, 3.05) is 27.3 Å². The first-order chi connectivity index (χ1) is 5.31. The number of unbranched alkanes of at least 4 members (excludes halogenated alkanes) is 2. The lowest BCUT2D eigenvalue weighted by atomic mass is 10.2. The molecular formula is C8H17NO2. The molecule has 1 amide bonds. The molecule has 0 spiro atoms. The second-order valence-corrected chi connectivity index (χ2v) is 2.64. The highest BCUT2D eigenvalue weighted by molar-refractivity contribution is 5.46. The van der Waals surface area contributed by atoms with Gasteiger partial charge in [-0.1, -0.05) is 0 Å². The summed E-state index contributed by atoms with van der Waals surface area (Å²) in [5.74, 6) is 0. The number of methoxy groups -OCH3 is 1. The van der Waals surface area contributed by atoms with Gasteiger partial charge in [0, 0.05) is 27.3 Å². The normalized spacial score (nSPS) is 9.64. The van der Waals surface area contributed by atoms with E-state index in [0.717, 1.165) is 38.8 Å². The molecule has 0 aliphatic rings. The molecule has 11 heavy (non-hydrogen) atoms. The predicted molar refractivity (Wildman–Crippen MR) is 44.4 cm³/mol. The van der Waals surface area contributed by atoms with Crippen molar-refractivity contribution in [1.29, 1.82) is 0 Å². The SMILES string of the molecule is COCCCCCN(C)C=O. The Balaban J connectivity index is 2.95. The van der Waals surface area contributed by atoms with Gasteiger partial charge in [-0.3, -0.25) is 4.79 Å². The van der Waals surface area contributed by atoms with Gasteiger partial charge in [-0.2, -0.15) is 0 Å². The molecule has 0 aromatic carbocycles. The van der Waals surface area contributed by atoms with Gasteiger partial charge in [0.15, 0.2) is 0 Å². The number of hydrogen-bond acceptors (Lipinski definition) is 2. The molecule has 0 atom stereocenters. The summed E-state index contributed by atoms with van der Waals surface area (Å²) in [5.41, 5.74) is 0. The van der Waals surface area contributed by atoms with Gasteiger partial charge in [0.05, 0.1) is 0 Å². The smallest absolute Gasteiger partial charge is 0.209 e. The molecule has 0 saturated carbocycles. The molecule has 0 aromatic rings. The maximum atomic E-state index is 10.1. The molecule has 0 N–H and O–H groups in total. The van der Waals surface area contributed by atoms with Crippen molar-refractivity contribution in [2.24, 2.45) is 0 Å². The monoisotopic (exact) mass is 159 g/mol. The molecule has 0 aliphatic carbocycles. The van der Waals surface area contributed by atoms with Gasteiger partial charge in [-0.15, -0.1) is 0 Å². The summed E-state index contributed by atoms with van der Waals surface area (Å²) in [4.78, 5) is 11.8. The Morgan fingerprint density at radius 3 is 2.64 bits per heavy atom. The largest absolute Gasteiger partial charge is 0.385 e. The van der Waals surface area contributed by atoms with Crippen LogP contribution >= 0.6 is 0 Å². The minimum absolute atomic E-state index is 0.824. The van der Waals surface area contributed by atoms with Crippen LogP contribution in [0, 0.1) is 0 Å². The van der Waals surface area contributed by atoms with Gasteiger partial charge in [0.25, 0.3) is 0 Å². The summed E-state index contributed by atoms with van der Waals surface area (Å²) in [6, 6.07) is 0. The molecule has 3 heteroatoms. The first-order valence-electron chi connectivity index (χ1n) is 3.95. The lowest BCUT2D eigenvalue weighted by Crippen LogP contribution is -2.16. The molecule has 66 valence electrons. The standard InChI is InChI=1S/C8H17NO2/c1-9(8-10)6-4-3-5-7-11-2/h8H,3-7H2,1-2H3. The third-order valence-corrected chi connectivity index (χ3v) is 1.54. The van der Waals surface area contributed by atoms with Crippen molar-refractivity contribution in [2.45, 2.75) is 19.3 Å². The molecule has 3 nitrogen and oxygen atoms in total. The first kappa shape index (κ1) is 10.4. The van der Waals surface area contributed by atoms with E-state index in [9.17, 15) is 4.79 Å². The highest BCUT2D eigenvalue weighted by Crippen LogP contribution is 1.95. The van der Waals surface area contributed by atoms with Crippen LogP contribution in [0.1, 0.15) is 19.3 Å². The zero-order valence-electron chi connectivity index (χ0n) is 7.38. The minimum atomic E-state index is 0.824. The van der Waals surface area contributed by atoms with Crippen LogP contribution < -0.4 is 0 Å². The van der Waals surface area contributed by atoms with E-state index in [4.69, 9.17) is 4.74 Å². The number of rotatable bonds is 7. The highest BCUT2D eigenvalue weighted by Gasteiger charge is 1.92. The number of carbonyl (C=O) groups excluding carboxylic acids is 1. The predicted octanol–water partition coefficient (Wildman–Crippen LogP) is 0.891. The molecular weight excluding hydrogens is 142 g/mol. The molecule has 0 rings (SSSR count). The van der Waals surface area contributed by atoms with E-state index < -0.39 is 0 Å². The van der Waals surface area contributed by atoms with Gasteiger partial charge in [0.1, 0.15) is 0 Å². The molecule has 0 aliphatic heterocycles. The van der Waals surface area contributed by atoms with Gasteiger partial charge >= 0.3 is 0 Å². The van der Waals surface area contributed by atoms with Crippen LogP contribution in [-0.2, 0) is 9.53 Å². The van der Waals surface area contributed by atoms with Gasteiger partial charge in [0.2, 0.25) is 6.41 Å². The van der Waals surface area contributed by atoms with Gasteiger partial charge in [-0.25, -0.2) is 0 Å². The number of hydrogen-bond donors (Lipinski definition) is 0. The molecule has 0 fully saturated rings. The average molecular weight is 159 g/mol. The van der Waals surface area contributed by atoms with Crippen molar-refractivity contribution < 1.29 is 9.53 Å². The summed E-state index contributed by atoms with van der Waals surface area (Å²) in [7, 11) is 3.50. The zero-order valence-corrected chi connectivity index (χ0v) is 7.38. The van der Waals surface area contributed by atoms with Crippen LogP contribution in [0.5, 0.6) is 0 Å². The lowest BCUT2D eigenvalue weighted by molar-refractivity contribution is -0.117. The minimum Gasteiger partial charge on any atom is -0.385 e. The van der Waals surface area contributed by atoms with Gasteiger partial charge in [-0.05, 0) is 19.3 Å². The highest BCUT2D eigenvalue weighted by atomic mass is 16.5. The van der Waals surface area contributed by atoms with Crippen molar-refractivity contribution in [3.05, 3.63) is 0 Å². The van der Waals surface area contributed by atoms with Gasteiger partial charge < -0.3 is 9.64 Å². The maximum Gasteiger partial charge on any atom is 0.209 e. The molecule has 0 bridgehead atoms.